The van der Waals surface area contributed by atoms with E-state index in [0.717, 1.165) is 38.2 Å². The van der Waals surface area contributed by atoms with Gasteiger partial charge in [0.05, 0.1) is 7.11 Å². The van der Waals surface area contributed by atoms with Crippen molar-refractivity contribution in [3.8, 4) is 11.5 Å². The lowest BCUT2D eigenvalue weighted by molar-refractivity contribution is 0.169. The number of piperazine rings is 1. The summed E-state index contributed by atoms with van der Waals surface area (Å²) in [5.41, 5.74) is 1.16. The van der Waals surface area contributed by atoms with Gasteiger partial charge in [0.1, 0.15) is 0 Å². The lowest BCUT2D eigenvalue weighted by Gasteiger charge is -2.34. The molecule has 0 unspecified atom stereocenters. The highest BCUT2D eigenvalue weighted by Gasteiger charge is 2.21. The first-order valence-electron chi connectivity index (χ1n) is 6.58. The number of nitrogens with one attached hydrogen (secondary N) is 1. The fraction of sp³-hybridized carbons (Fsp3) is 0.571. The molecule has 0 bridgehead atoms. The van der Waals surface area contributed by atoms with Crippen molar-refractivity contribution in [1.29, 1.82) is 0 Å². The minimum absolute atomic E-state index is 0.226. The number of aromatic hydroxyl groups is 1. The van der Waals surface area contributed by atoms with Gasteiger partial charge in [0.25, 0.3) is 0 Å². The molecule has 0 aliphatic carbocycles. The maximum Gasteiger partial charge on any atom is 0.160 e. The summed E-state index contributed by atoms with van der Waals surface area (Å²) in [6.07, 6.45) is 1.05. The van der Waals surface area contributed by atoms with E-state index in [-0.39, 0.29) is 5.75 Å². The molecule has 1 aromatic carbocycles. The van der Waals surface area contributed by atoms with E-state index in [4.69, 9.17) is 4.74 Å². The number of hydrogen-bond donors (Lipinski definition) is 2. The van der Waals surface area contributed by atoms with Crippen LogP contribution >= 0.6 is 0 Å². The van der Waals surface area contributed by atoms with Crippen molar-refractivity contribution in [3.05, 3.63) is 23.8 Å². The summed E-state index contributed by atoms with van der Waals surface area (Å²) in [7, 11) is 1.57. The molecule has 0 radical (unpaired) electrons. The molecular weight excluding hydrogens is 228 g/mol. The van der Waals surface area contributed by atoms with Crippen LogP contribution in [0.25, 0.3) is 0 Å². The number of ether oxygens (including phenoxy) is 1. The Hall–Kier alpha value is -1.26. The average molecular weight is 250 g/mol. The zero-order chi connectivity index (χ0) is 13.0. The Bertz CT molecular complexity index is 389. The molecule has 0 saturated carbocycles. The smallest absolute Gasteiger partial charge is 0.160 e. The molecule has 1 atom stereocenters. The average Bonchev–Trinajstić information content (AvgIpc) is 2.41. The number of methoxy groups -OCH3 is 1. The fourth-order valence-electron chi connectivity index (χ4n) is 2.61. The second-order valence-corrected chi connectivity index (χ2v) is 4.64. The number of phenolic OH excluding ortho intramolecular Hbond substituents is 1. The number of phenols is 1. The minimum atomic E-state index is 0.226. The van der Waals surface area contributed by atoms with E-state index in [1.807, 2.05) is 12.1 Å². The Morgan fingerprint density at radius 2 is 2.11 bits per heavy atom. The predicted molar refractivity (Wildman–Crippen MR) is 72.1 cm³/mol. The molecule has 1 aromatic rings. The predicted octanol–water partition coefficient (Wildman–Crippen LogP) is 1.76. The second-order valence-electron chi connectivity index (χ2n) is 4.64. The Kier molecular flexibility index (Phi) is 4.44. The van der Waals surface area contributed by atoms with E-state index in [1.165, 1.54) is 0 Å². The van der Waals surface area contributed by atoms with Crippen molar-refractivity contribution < 1.29 is 9.84 Å². The maximum absolute atomic E-state index is 9.88. The van der Waals surface area contributed by atoms with Gasteiger partial charge in [-0.05, 0) is 24.1 Å². The van der Waals surface area contributed by atoms with Gasteiger partial charge in [-0.2, -0.15) is 0 Å². The van der Waals surface area contributed by atoms with Gasteiger partial charge in [0.15, 0.2) is 11.5 Å². The van der Waals surface area contributed by atoms with Gasteiger partial charge >= 0.3 is 0 Å². The van der Waals surface area contributed by atoms with Crippen LogP contribution in [0.4, 0.5) is 0 Å². The molecular formula is C14H22N2O2. The number of rotatable bonds is 4. The summed E-state index contributed by atoms with van der Waals surface area (Å²) in [6, 6.07) is 6.10. The van der Waals surface area contributed by atoms with Crippen LogP contribution in [0.15, 0.2) is 18.2 Å². The lowest BCUT2D eigenvalue weighted by atomic mass is 10.0. The molecule has 2 rings (SSSR count). The summed E-state index contributed by atoms with van der Waals surface area (Å²) in [6.45, 7) is 6.39. The van der Waals surface area contributed by atoms with Crippen molar-refractivity contribution in [2.75, 3.05) is 33.3 Å². The first kappa shape index (κ1) is 13.2. The zero-order valence-electron chi connectivity index (χ0n) is 11.1. The summed E-state index contributed by atoms with van der Waals surface area (Å²) in [5.74, 6) is 0.762. The molecule has 1 aliphatic rings. The molecule has 4 heteroatoms. The van der Waals surface area contributed by atoms with Gasteiger partial charge < -0.3 is 15.2 Å². The summed E-state index contributed by atoms with van der Waals surface area (Å²) in [4.78, 5) is 2.47. The van der Waals surface area contributed by atoms with Gasteiger partial charge in [0, 0.05) is 32.2 Å². The molecule has 18 heavy (non-hydrogen) atoms. The fourth-order valence-corrected chi connectivity index (χ4v) is 2.61. The van der Waals surface area contributed by atoms with E-state index >= 15 is 0 Å². The monoisotopic (exact) mass is 250 g/mol. The van der Waals surface area contributed by atoms with Crippen molar-refractivity contribution in [2.24, 2.45) is 0 Å². The third-order valence-corrected chi connectivity index (χ3v) is 3.57. The molecule has 0 amide bonds. The molecule has 1 fully saturated rings. The van der Waals surface area contributed by atoms with Crippen LogP contribution in [0.5, 0.6) is 11.5 Å². The Morgan fingerprint density at radius 1 is 1.39 bits per heavy atom. The molecule has 1 heterocycles. The van der Waals surface area contributed by atoms with Gasteiger partial charge in [0.2, 0.25) is 0 Å². The van der Waals surface area contributed by atoms with Gasteiger partial charge in [-0.3, -0.25) is 4.90 Å². The van der Waals surface area contributed by atoms with Crippen LogP contribution in [0.3, 0.4) is 0 Å². The number of hydrogen-bond acceptors (Lipinski definition) is 4. The Labute approximate surface area is 109 Å². The molecule has 2 N–H and O–H groups in total. The summed E-state index contributed by atoms with van der Waals surface area (Å²) < 4.78 is 5.09. The van der Waals surface area contributed by atoms with Crippen molar-refractivity contribution in [2.45, 2.75) is 19.4 Å². The largest absolute Gasteiger partial charge is 0.504 e. The first-order chi connectivity index (χ1) is 8.76. The lowest BCUT2D eigenvalue weighted by Crippen LogP contribution is -2.45. The van der Waals surface area contributed by atoms with Crippen LogP contribution in [0, 0.1) is 0 Å². The van der Waals surface area contributed by atoms with Gasteiger partial charge in [-0.25, -0.2) is 0 Å². The molecule has 4 nitrogen and oxygen atoms in total. The minimum Gasteiger partial charge on any atom is -0.504 e. The van der Waals surface area contributed by atoms with E-state index < -0.39 is 0 Å². The molecule has 0 aromatic heterocycles. The first-order valence-corrected chi connectivity index (χ1v) is 6.58. The van der Waals surface area contributed by atoms with Crippen LogP contribution in [-0.4, -0.2) is 43.3 Å². The molecule has 100 valence electrons. The van der Waals surface area contributed by atoms with E-state index in [0.29, 0.717) is 11.8 Å². The highest BCUT2D eigenvalue weighted by molar-refractivity contribution is 5.42. The van der Waals surface area contributed by atoms with Crippen molar-refractivity contribution in [1.82, 2.24) is 10.2 Å². The Balaban J connectivity index is 2.18. The SMILES string of the molecule is CC[C@H](c1ccc(OC)c(O)c1)N1CCNCC1. The normalized spacial score (nSPS) is 18.6. The van der Waals surface area contributed by atoms with E-state index in [1.54, 1.807) is 7.11 Å². The van der Waals surface area contributed by atoms with E-state index in [9.17, 15) is 5.11 Å². The highest BCUT2D eigenvalue weighted by atomic mass is 16.5. The topological polar surface area (TPSA) is 44.7 Å². The van der Waals surface area contributed by atoms with Crippen LogP contribution in [0.2, 0.25) is 0 Å². The Morgan fingerprint density at radius 3 is 2.67 bits per heavy atom. The molecule has 1 aliphatic heterocycles. The zero-order valence-corrected chi connectivity index (χ0v) is 11.1. The maximum atomic E-state index is 9.88. The second kappa shape index (κ2) is 6.07. The van der Waals surface area contributed by atoms with Crippen LogP contribution < -0.4 is 10.1 Å². The van der Waals surface area contributed by atoms with Crippen LogP contribution in [-0.2, 0) is 0 Å². The summed E-state index contributed by atoms with van der Waals surface area (Å²) in [5, 5.41) is 13.2. The summed E-state index contributed by atoms with van der Waals surface area (Å²) >= 11 is 0. The van der Waals surface area contributed by atoms with Crippen LogP contribution in [0.1, 0.15) is 24.9 Å². The number of benzene rings is 1. The standard InChI is InChI=1S/C14H22N2O2/c1-3-12(16-8-6-15-7-9-16)11-4-5-14(18-2)13(17)10-11/h4-5,10,12,15,17H,3,6-9H2,1-2H3/t12-/m1/s1. The highest BCUT2D eigenvalue weighted by Crippen LogP contribution is 2.32. The van der Waals surface area contributed by atoms with Gasteiger partial charge in [-0.1, -0.05) is 13.0 Å². The molecule has 1 saturated heterocycles. The third-order valence-electron chi connectivity index (χ3n) is 3.57. The van der Waals surface area contributed by atoms with E-state index in [2.05, 4.69) is 23.2 Å². The molecule has 0 spiro atoms. The van der Waals surface area contributed by atoms with Crippen molar-refractivity contribution >= 4 is 0 Å². The quantitative estimate of drug-likeness (QED) is 0.854. The number of nitrogens with zero attached hydrogens (tertiary/aromatic N) is 1. The van der Waals surface area contributed by atoms with Crippen molar-refractivity contribution in [3.63, 3.8) is 0 Å². The third kappa shape index (κ3) is 2.76. The van der Waals surface area contributed by atoms with Gasteiger partial charge in [-0.15, -0.1) is 0 Å².